The minimum Gasteiger partial charge on any atom is -0.493 e. The van der Waals surface area contributed by atoms with Crippen LogP contribution in [0.3, 0.4) is 0 Å². The second-order valence-electron chi connectivity index (χ2n) is 5.94. The van der Waals surface area contributed by atoms with Crippen LogP contribution in [0.25, 0.3) is 0 Å². The minimum atomic E-state index is -0.721. The fourth-order valence-electron chi connectivity index (χ4n) is 2.69. The first-order chi connectivity index (χ1) is 10.9. The van der Waals surface area contributed by atoms with E-state index in [1.807, 2.05) is 0 Å². The van der Waals surface area contributed by atoms with Crippen molar-refractivity contribution in [2.24, 2.45) is 5.92 Å². The lowest BCUT2D eigenvalue weighted by Crippen LogP contribution is -2.32. The quantitative estimate of drug-likeness (QED) is 0.470. The Balaban J connectivity index is 2.14. The van der Waals surface area contributed by atoms with Gasteiger partial charge in [-0.25, -0.2) is 4.79 Å². The summed E-state index contributed by atoms with van der Waals surface area (Å²) < 4.78 is 10.4. The standard InChI is InChI=1S/C16H22N2O5/c1-11-8-13(16(19)22-3)14(18(20)21)9-15(11)23-10-12-4-6-17(2)7-5-12/h8-9,12H,4-7,10H2,1-3H3. The Kier molecular flexibility index (Phi) is 5.54. The zero-order chi connectivity index (χ0) is 17.0. The number of carbonyl (C=O) groups is 1. The number of rotatable bonds is 5. The molecule has 0 N–H and O–H groups in total. The fourth-order valence-corrected chi connectivity index (χ4v) is 2.69. The number of nitrogens with zero attached hydrogens (tertiary/aromatic N) is 2. The van der Waals surface area contributed by atoms with Crippen LogP contribution in [0, 0.1) is 23.0 Å². The summed E-state index contributed by atoms with van der Waals surface area (Å²) in [6.45, 7) is 4.37. The first kappa shape index (κ1) is 17.2. The monoisotopic (exact) mass is 322 g/mol. The molecule has 7 nitrogen and oxygen atoms in total. The van der Waals surface area contributed by atoms with Crippen LogP contribution in [0.15, 0.2) is 12.1 Å². The average molecular weight is 322 g/mol. The Bertz CT molecular complexity index is 594. The maximum absolute atomic E-state index is 11.7. The van der Waals surface area contributed by atoms with Crippen LogP contribution in [-0.2, 0) is 4.74 Å². The summed E-state index contributed by atoms with van der Waals surface area (Å²) in [5.41, 5.74) is 0.339. The number of ether oxygens (including phenoxy) is 2. The highest BCUT2D eigenvalue weighted by molar-refractivity contribution is 5.94. The molecule has 0 amide bonds. The van der Waals surface area contributed by atoms with Crippen LogP contribution < -0.4 is 4.74 Å². The summed E-state index contributed by atoms with van der Waals surface area (Å²) >= 11 is 0. The van der Waals surface area contributed by atoms with Crippen LogP contribution in [0.5, 0.6) is 5.75 Å². The van der Waals surface area contributed by atoms with Crippen molar-refractivity contribution >= 4 is 11.7 Å². The van der Waals surface area contributed by atoms with Gasteiger partial charge in [-0.1, -0.05) is 0 Å². The Morgan fingerprint density at radius 2 is 2.04 bits per heavy atom. The zero-order valence-corrected chi connectivity index (χ0v) is 13.7. The number of carbonyl (C=O) groups excluding carboxylic acids is 1. The third-order valence-electron chi connectivity index (χ3n) is 4.21. The molecular weight excluding hydrogens is 300 g/mol. The fraction of sp³-hybridized carbons (Fsp3) is 0.562. The van der Waals surface area contributed by atoms with Gasteiger partial charge in [0.2, 0.25) is 0 Å². The van der Waals surface area contributed by atoms with E-state index in [9.17, 15) is 14.9 Å². The van der Waals surface area contributed by atoms with Gasteiger partial charge in [0, 0.05) is 0 Å². The SMILES string of the molecule is COC(=O)c1cc(C)c(OCC2CCN(C)CC2)cc1[N+](=O)[O-]. The van der Waals surface area contributed by atoms with Gasteiger partial charge in [-0.15, -0.1) is 0 Å². The Morgan fingerprint density at radius 1 is 1.39 bits per heavy atom. The van der Waals surface area contributed by atoms with E-state index in [0.29, 0.717) is 23.8 Å². The van der Waals surface area contributed by atoms with Crippen LogP contribution >= 0.6 is 0 Å². The van der Waals surface area contributed by atoms with Crippen LogP contribution in [-0.4, -0.2) is 49.6 Å². The maximum atomic E-state index is 11.7. The molecule has 23 heavy (non-hydrogen) atoms. The molecule has 0 atom stereocenters. The van der Waals surface area contributed by atoms with Crippen molar-refractivity contribution in [3.05, 3.63) is 33.4 Å². The highest BCUT2D eigenvalue weighted by atomic mass is 16.6. The number of nitro groups is 1. The lowest BCUT2D eigenvalue weighted by atomic mass is 9.98. The van der Waals surface area contributed by atoms with Gasteiger partial charge in [0.25, 0.3) is 5.69 Å². The molecule has 1 aliphatic rings. The van der Waals surface area contributed by atoms with E-state index in [1.54, 1.807) is 6.92 Å². The number of methoxy groups -OCH3 is 1. The van der Waals surface area contributed by atoms with Gasteiger partial charge >= 0.3 is 5.97 Å². The van der Waals surface area contributed by atoms with Crippen LogP contribution in [0.2, 0.25) is 0 Å². The molecule has 1 saturated heterocycles. The van der Waals surface area contributed by atoms with E-state index < -0.39 is 10.9 Å². The molecule has 1 aromatic rings. The van der Waals surface area contributed by atoms with Crippen molar-refractivity contribution in [3.8, 4) is 5.75 Å². The summed E-state index contributed by atoms with van der Waals surface area (Å²) in [5, 5.41) is 11.2. The Hall–Kier alpha value is -2.15. The molecule has 0 bridgehead atoms. The number of likely N-dealkylation sites (tertiary alicyclic amines) is 1. The first-order valence-electron chi connectivity index (χ1n) is 7.61. The van der Waals surface area contributed by atoms with Crippen LogP contribution in [0.4, 0.5) is 5.69 Å². The first-order valence-corrected chi connectivity index (χ1v) is 7.61. The lowest BCUT2D eigenvalue weighted by Gasteiger charge is -2.28. The topological polar surface area (TPSA) is 81.9 Å². The Labute approximate surface area is 135 Å². The normalized spacial score (nSPS) is 16.1. The van der Waals surface area contributed by atoms with Crippen LogP contribution in [0.1, 0.15) is 28.8 Å². The van der Waals surface area contributed by atoms with E-state index >= 15 is 0 Å². The molecule has 0 aliphatic carbocycles. The van der Waals surface area contributed by atoms with E-state index in [1.165, 1.54) is 19.2 Å². The highest BCUT2D eigenvalue weighted by Gasteiger charge is 2.24. The molecule has 2 rings (SSSR count). The molecular formula is C16H22N2O5. The molecule has 0 spiro atoms. The number of nitro benzene ring substituents is 1. The third kappa shape index (κ3) is 4.19. The average Bonchev–Trinajstić information content (AvgIpc) is 2.54. The van der Waals surface area contributed by atoms with E-state index in [2.05, 4.69) is 16.7 Å². The molecule has 1 aliphatic heterocycles. The minimum absolute atomic E-state index is 0.0540. The molecule has 1 aromatic carbocycles. The van der Waals surface area contributed by atoms with E-state index in [-0.39, 0.29) is 11.3 Å². The predicted octanol–water partition coefficient (Wildman–Crippen LogP) is 2.41. The summed E-state index contributed by atoms with van der Waals surface area (Å²) in [5.74, 6) is 0.176. The number of piperidine rings is 1. The summed E-state index contributed by atoms with van der Waals surface area (Å²) in [6.07, 6.45) is 2.11. The van der Waals surface area contributed by atoms with Crippen molar-refractivity contribution in [2.75, 3.05) is 33.9 Å². The largest absolute Gasteiger partial charge is 0.493 e. The van der Waals surface area contributed by atoms with Crippen molar-refractivity contribution in [2.45, 2.75) is 19.8 Å². The number of esters is 1. The van der Waals surface area contributed by atoms with Gasteiger partial charge in [-0.3, -0.25) is 10.1 Å². The van der Waals surface area contributed by atoms with Gasteiger partial charge in [0.05, 0.1) is 24.7 Å². The number of hydrogen-bond acceptors (Lipinski definition) is 6. The molecule has 7 heteroatoms. The second kappa shape index (κ2) is 7.41. The summed E-state index contributed by atoms with van der Waals surface area (Å²) in [4.78, 5) is 24.5. The third-order valence-corrected chi connectivity index (χ3v) is 4.21. The number of hydrogen-bond donors (Lipinski definition) is 0. The van der Waals surface area contributed by atoms with Crippen molar-refractivity contribution in [3.63, 3.8) is 0 Å². The van der Waals surface area contributed by atoms with Gasteiger partial charge < -0.3 is 14.4 Å². The number of aryl methyl sites for hydroxylation is 1. The molecule has 0 radical (unpaired) electrons. The van der Waals surface area contributed by atoms with E-state index in [4.69, 9.17) is 4.74 Å². The zero-order valence-electron chi connectivity index (χ0n) is 13.7. The number of benzene rings is 1. The van der Waals surface area contributed by atoms with Gasteiger partial charge in [0.15, 0.2) is 0 Å². The summed E-state index contributed by atoms with van der Waals surface area (Å²) in [6, 6.07) is 2.77. The van der Waals surface area contributed by atoms with Gasteiger partial charge in [-0.2, -0.15) is 0 Å². The molecule has 0 saturated carbocycles. The smallest absolute Gasteiger partial charge is 0.344 e. The highest BCUT2D eigenvalue weighted by Crippen LogP contribution is 2.30. The molecule has 1 fully saturated rings. The van der Waals surface area contributed by atoms with Crippen molar-refractivity contribution < 1.29 is 19.2 Å². The van der Waals surface area contributed by atoms with Gasteiger partial charge in [-0.05, 0) is 57.5 Å². The predicted molar refractivity (Wildman–Crippen MR) is 84.9 cm³/mol. The Morgan fingerprint density at radius 3 is 2.61 bits per heavy atom. The van der Waals surface area contributed by atoms with Crippen molar-refractivity contribution in [1.29, 1.82) is 0 Å². The van der Waals surface area contributed by atoms with E-state index in [0.717, 1.165) is 25.9 Å². The maximum Gasteiger partial charge on any atom is 0.344 e. The second-order valence-corrected chi connectivity index (χ2v) is 5.94. The van der Waals surface area contributed by atoms with Crippen molar-refractivity contribution in [1.82, 2.24) is 4.90 Å². The van der Waals surface area contributed by atoms with Gasteiger partial charge in [0.1, 0.15) is 11.3 Å². The lowest BCUT2D eigenvalue weighted by molar-refractivity contribution is -0.385. The summed E-state index contributed by atoms with van der Waals surface area (Å²) in [7, 11) is 3.29. The molecule has 126 valence electrons. The molecule has 0 unspecified atom stereocenters. The molecule has 0 aromatic heterocycles. The molecule has 1 heterocycles.